The molecule has 3 rings (SSSR count). The second-order valence-electron chi connectivity index (χ2n) is 5.26. The van der Waals surface area contributed by atoms with Gasteiger partial charge in [0.2, 0.25) is 0 Å². The summed E-state index contributed by atoms with van der Waals surface area (Å²) in [7, 11) is 0. The van der Waals surface area contributed by atoms with E-state index in [1.807, 2.05) is 18.2 Å². The highest BCUT2D eigenvalue weighted by atomic mass is 32.2. The fraction of sp³-hybridized carbons (Fsp3) is 0.294. The molecule has 0 atom stereocenters. The van der Waals surface area contributed by atoms with Crippen LogP contribution in [0.5, 0.6) is 0 Å². The average Bonchev–Trinajstić information content (AvgIpc) is 2.49. The van der Waals surface area contributed by atoms with Crippen LogP contribution < -0.4 is 10.6 Å². The number of aryl methyl sites for hydroxylation is 1. The molecule has 21 heavy (non-hydrogen) atoms. The number of fused-ring (bicyclic) bond motifs is 1. The van der Waals surface area contributed by atoms with E-state index in [4.69, 9.17) is 5.73 Å². The van der Waals surface area contributed by atoms with Crippen molar-refractivity contribution in [2.45, 2.75) is 17.7 Å². The van der Waals surface area contributed by atoms with Crippen LogP contribution in [0.3, 0.4) is 0 Å². The molecule has 0 fully saturated rings. The van der Waals surface area contributed by atoms with E-state index in [1.165, 1.54) is 17.3 Å². The van der Waals surface area contributed by atoms with Gasteiger partial charge >= 0.3 is 0 Å². The molecule has 1 aliphatic heterocycles. The molecule has 2 N–H and O–H groups in total. The first kappa shape index (κ1) is 14.3. The molecule has 2 aromatic carbocycles. The molecule has 0 radical (unpaired) electrons. The average molecular weight is 302 g/mol. The molecule has 1 heterocycles. The molecule has 110 valence electrons. The molecular formula is C17H19FN2S. The maximum absolute atomic E-state index is 13.6. The van der Waals surface area contributed by atoms with Gasteiger partial charge in [0.1, 0.15) is 5.82 Å². The van der Waals surface area contributed by atoms with E-state index in [-0.39, 0.29) is 5.82 Å². The Bertz CT molecular complexity index is 630. The molecule has 2 nitrogen and oxygen atoms in total. The van der Waals surface area contributed by atoms with Crippen molar-refractivity contribution in [3.63, 3.8) is 0 Å². The smallest absolute Gasteiger partial charge is 0.136 e. The zero-order chi connectivity index (χ0) is 14.7. The molecule has 4 heteroatoms. The van der Waals surface area contributed by atoms with Crippen molar-refractivity contribution in [2.75, 3.05) is 29.5 Å². The number of anilines is 2. The summed E-state index contributed by atoms with van der Waals surface area (Å²) < 4.78 is 13.6. The monoisotopic (exact) mass is 302 g/mol. The quantitative estimate of drug-likeness (QED) is 0.685. The summed E-state index contributed by atoms with van der Waals surface area (Å²) in [6.45, 7) is 1.99. The highest BCUT2D eigenvalue weighted by Gasteiger charge is 2.16. The van der Waals surface area contributed by atoms with E-state index < -0.39 is 0 Å². The van der Waals surface area contributed by atoms with Gasteiger partial charge in [-0.15, -0.1) is 11.8 Å². The third-order valence-corrected chi connectivity index (χ3v) is 4.80. The largest absolute Gasteiger partial charge is 0.399 e. The molecule has 0 aliphatic carbocycles. The lowest BCUT2D eigenvalue weighted by Gasteiger charge is -2.31. The van der Waals surface area contributed by atoms with Crippen LogP contribution in [0.25, 0.3) is 0 Å². The number of halogens is 1. The van der Waals surface area contributed by atoms with Crippen LogP contribution in [-0.4, -0.2) is 18.8 Å². The molecule has 1 aliphatic rings. The van der Waals surface area contributed by atoms with Gasteiger partial charge in [-0.2, -0.15) is 0 Å². The van der Waals surface area contributed by atoms with Gasteiger partial charge in [0.05, 0.1) is 0 Å². The number of rotatable bonds is 4. The lowest BCUT2D eigenvalue weighted by Crippen LogP contribution is -2.31. The van der Waals surface area contributed by atoms with E-state index in [0.717, 1.165) is 42.3 Å². The number of benzene rings is 2. The fourth-order valence-corrected chi connectivity index (χ4v) is 3.67. The highest BCUT2D eigenvalue weighted by molar-refractivity contribution is 7.99. The molecule has 0 amide bonds. The van der Waals surface area contributed by atoms with Crippen molar-refractivity contribution in [1.29, 1.82) is 0 Å². The Morgan fingerprint density at radius 2 is 2.05 bits per heavy atom. The first-order valence-corrected chi connectivity index (χ1v) is 8.23. The SMILES string of the molecule is Nc1ccc2c(c1)CCCN2CCSc1ccccc1F. The number of hydrogen-bond donors (Lipinski definition) is 1. The van der Waals surface area contributed by atoms with Gasteiger partial charge in [0.15, 0.2) is 0 Å². The Morgan fingerprint density at radius 1 is 1.19 bits per heavy atom. The molecule has 0 spiro atoms. The summed E-state index contributed by atoms with van der Waals surface area (Å²) in [4.78, 5) is 3.11. The minimum atomic E-state index is -0.130. The number of hydrogen-bond acceptors (Lipinski definition) is 3. The fourth-order valence-electron chi connectivity index (χ4n) is 2.75. The zero-order valence-electron chi connectivity index (χ0n) is 11.9. The second-order valence-corrected chi connectivity index (χ2v) is 6.39. The van der Waals surface area contributed by atoms with Crippen LogP contribution in [0.2, 0.25) is 0 Å². The zero-order valence-corrected chi connectivity index (χ0v) is 12.7. The van der Waals surface area contributed by atoms with Gasteiger partial charge in [0, 0.05) is 35.1 Å². The van der Waals surface area contributed by atoms with E-state index >= 15 is 0 Å². The van der Waals surface area contributed by atoms with Crippen molar-refractivity contribution in [3.05, 3.63) is 53.8 Å². The Hall–Kier alpha value is -1.68. The van der Waals surface area contributed by atoms with Gasteiger partial charge < -0.3 is 10.6 Å². The molecule has 0 unspecified atom stereocenters. The van der Waals surface area contributed by atoms with Crippen LogP contribution >= 0.6 is 11.8 Å². The van der Waals surface area contributed by atoms with Crippen LogP contribution in [0.4, 0.5) is 15.8 Å². The third-order valence-electron chi connectivity index (χ3n) is 3.77. The van der Waals surface area contributed by atoms with E-state index in [1.54, 1.807) is 17.8 Å². The number of nitrogens with two attached hydrogens (primary N) is 1. The summed E-state index contributed by atoms with van der Waals surface area (Å²) in [5, 5.41) is 0. The van der Waals surface area contributed by atoms with Crippen molar-refractivity contribution < 1.29 is 4.39 Å². The Balaban J connectivity index is 1.63. The predicted octanol–water partition coefficient (Wildman–Crippen LogP) is 3.95. The summed E-state index contributed by atoms with van der Waals surface area (Å²) >= 11 is 1.58. The summed E-state index contributed by atoms with van der Waals surface area (Å²) in [5.74, 6) is 0.749. The number of nitrogens with zero attached hydrogens (tertiary/aromatic N) is 1. The van der Waals surface area contributed by atoms with Gasteiger partial charge in [0.25, 0.3) is 0 Å². The van der Waals surface area contributed by atoms with Crippen LogP contribution in [0.15, 0.2) is 47.4 Å². The van der Waals surface area contributed by atoms with Gasteiger partial charge in [-0.3, -0.25) is 0 Å². The van der Waals surface area contributed by atoms with Crippen molar-refractivity contribution in [1.82, 2.24) is 0 Å². The van der Waals surface area contributed by atoms with E-state index in [9.17, 15) is 4.39 Å². The summed E-state index contributed by atoms with van der Waals surface area (Å²) in [5.41, 5.74) is 9.30. The van der Waals surface area contributed by atoms with Gasteiger partial charge in [-0.1, -0.05) is 12.1 Å². The molecule has 0 saturated heterocycles. The maximum atomic E-state index is 13.6. The Morgan fingerprint density at radius 3 is 2.90 bits per heavy atom. The Labute approximate surface area is 129 Å². The normalized spacial score (nSPS) is 14.0. The topological polar surface area (TPSA) is 29.3 Å². The van der Waals surface area contributed by atoms with Crippen molar-refractivity contribution in [3.8, 4) is 0 Å². The summed E-state index contributed by atoms with van der Waals surface area (Å²) in [6, 6.07) is 13.1. The third kappa shape index (κ3) is 3.32. The lowest BCUT2D eigenvalue weighted by atomic mass is 10.0. The van der Waals surface area contributed by atoms with Crippen molar-refractivity contribution >= 4 is 23.1 Å². The molecule has 2 aromatic rings. The first-order valence-electron chi connectivity index (χ1n) is 7.25. The van der Waals surface area contributed by atoms with Gasteiger partial charge in [-0.25, -0.2) is 4.39 Å². The molecule has 0 saturated carbocycles. The van der Waals surface area contributed by atoms with Crippen molar-refractivity contribution in [2.24, 2.45) is 0 Å². The molecule has 0 bridgehead atoms. The number of nitrogen functional groups attached to an aromatic ring is 1. The van der Waals surface area contributed by atoms with Crippen LogP contribution in [0.1, 0.15) is 12.0 Å². The highest BCUT2D eigenvalue weighted by Crippen LogP contribution is 2.29. The Kier molecular flexibility index (Phi) is 4.34. The predicted molar refractivity (Wildman–Crippen MR) is 88.5 cm³/mol. The second kappa shape index (κ2) is 6.39. The number of thioether (sulfide) groups is 1. The maximum Gasteiger partial charge on any atom is 0.136 e. The minimum absolute atomic E-state index is 0.130. The summed E-state index contributed by atoms with van der Waals surface area (Å²) in [6.07, 6.45) is 2.25. The van der Waals surface area contributed by atoms with Crippen LogP contribution in [0, 0.1) is 5.82 Å². The van der Waals surface area contributed by atoms with Gasteiger partial charge in [-0.05, 0) is 48.7 Å². The minimum Gasteiger partial charge on any atom is -0.399 e. The van der Waals surface area contributed by atoms with E-state index in [2.05, 4.69) is 17.0 Å². The van der Waals surface area contributed by atoms with Crippen LogP contribution in [-0.2, 0) is 6.42 Å². The first-order chi connectivity index (χ1) is 10.2. The molecular weight excluding hydrogens is 283 g/mol. The standard InChI is InChI=1S/C17H19FN2S/c18-15-5-1-2-6-17(15)21-11-10-20-9-3-4-13-12-14(19)7-8-16(13)20/h1-2,5-8,12H,3-4,9-11,19H2. The lowest BCUT2D eigenvalue weighted by molar-refractivity contribution is 0.602. The molecule has 0 aromatic heterocycles. The van der Waals surface area contributed by atoms with E-state index in [0.29, 0.717) is 0 Å².